The Morgan fingerprint density at radius 1 is 1.43 bits per heavy atom. The molecule has 1 aromatic carbocycles. The first-order valence-electron chi connectivity index (χ1n) is 6.97. The number of hydrogen-bond acceptors (Lipinski definition) is 6. The van der Waals surface area contributed by atoms with Gasteiger partial charge in [0.05, 0.1) is 11.7 Å². The van der Waals surface area contributed by atoms with Gasteiger partial charge in [-0.2, -0.15) is 13.1 Å². The van der Waals surface area contributed by atoms with Crippen LogP contribution in [0.15, 0.2) is 23.1 Å². The maximum absolute atomic E-state index is 12.9. The minimum Gasteiger partial charge on any atom is -0.328 e. The van der Waals surface area contributed by atoms with Crippen LogP contribution in [0.5, 0.6) is 0 Å². The fraction of sp³-hybridized carbons (Fsp3) is 0.538. The number of nitrogens with zero attached hydrogens (tertiary/aromatic N) is 3. The van der Waals surface area contributed by atoms with Crippen LogP contribution in [0.3, 0.4) is 0 Å². The lowest BCUT2D eigenvalue weighted by atomic mass is 9.93. The van der Waals surface area contributed by atoms with Crippen molar-refractivity contribution in [1.29, 1.82) is 0 Å². The van der Waals surface area contributed by atoms with Gasteiger partial charge in [-0.25, -0.2) is 8.42 Å². The molecule has 6 nitrogen and oxygen atoms in total. The lowest BCUT2D eigenvalue weighted by molar-refractivity contribution is 0.243. The molecule has 2 aromatic rings. The third kappa shape index (κ3) is 2.68. The summed E-state index contributed by atoms with van der Waals surface area (Å²) >= 11 is 1.03. The molecule has 0 aliphatic carbocycles. The van der Waals surface area contributed by atoms with Crippen molar-refractivity contribution >= 4 is 32.8 Å². The lowest BCUT2D eigenvalue weighted by Gasteiger charge is -2.33. The molecular formula is C13H18N4O2S2. The smallest absolute Gasteiger partial charge is 0.245 e. The molecule has 1 aliphatic heterocycles. The number of fused-ring (bicyclic) bond motifs is 1. The highest BCUT2D eigenvalue weighted by Crippen LogP contribution is 2.28. The van der Waals surface area contributed by atoms with Gasteiger partial charge < -0.3 is 5.73 Å². The van der Waals surface area contributed by atoms with Crippen LogP contribution in [0.25, 0.3) is 11.0 Å². The molecule has 2 N–H and O–H groups in total. The van der Waals surface area contributed by atoms with E-state index in [1.165, 1.54) is 0 Å². The Labute approximate surface area is 128 Å². The van der Waals surface area contributed by atoms with Crippen molar-refractivity contribution in [2.45, 2.75) is 30.7 Å². The third-order valence-electron chi connectivity index (χ3n) is 4.03. The molecule has 21 heavy (non-hydrogen) atoms. The van der Waals surface area contributed by atoms with Crippen LogP contribution in [0, 0.1) is 5.92 Å². The Bertz CT molecular complexity index is 741. The molecule has 114 valence electrons. The van der Waals surface area contributed by atoms with Crippen LogP contribution in [0.4, 0.5) is 0 Å². The van der Waals surface area contributed by atoms with Gasteiger partial charge in [-0.15, -0.1) is 0 Å². The summed E-state index contributed by atoms with van der Waals surface area (Å²) in [6.45, 7) is 2.96. The normalized spacial score (nSPS) is 22.5. The summed E-state index contributed by atoms with van der Waals surface area (Å²) < 4.78 is 35.6. The second-order valence-corrected chi connectivity index (χ2v) is 7.95. The Morgan fingerprint density at radius 3 is 3.00 bits per heavy atom. The van der Waals surface area contributed by atoms with Crippen LogP contribution < -0.4 is 5.73 Å². The van der Waals surface area contributed by atoms with Crippen molar-refractivity contribution in [3.63, 3.8) is 0 Å². The molecule has 0 radical (unpaired) electrons. The van der Waals surface area contributed by atoms with Crippen molar-refractivity contribution in [1.82, 2.24) is 13.1 Å². The highest BCUT2D eigenvalue weighted by molar-refractivity contribution is 7.89. The van der Waals surface area contributed by atoms with E-state index in [0.717, 1.165) is 24.6 Å². The van der Waals surface area contributed by atoms with Gasteiger partial charge in [-0.3, -0.25) is 0 Å². The van der Waals surface area contributed by atoms with Crippen LogP contribution in [0.2, 0.25) is 0 Å². The number of benzene rings is 1. The molecule has 1 fully saturated rings. The van der Waals surface area contributed by atoms with Gasteiger partial charge in [0.1, 0.15) is 15.9 Å². The average Bonchev–Trinajstić information content (AvgIpc) is 2.95. The quantitative estimate of drug-likeness (QED) is 0.922. The Morgan fingerprint density at radius 2 is 2.24 bits per heavy atom. The first-order valence-corrected chi connectivity index (χ1v) is 9.14. The molecular weight excluding hydrogens is 308 g/mol. The van der Waals surface area contributed by atoms with E-state index in [0.29, 0.717) is 24.1 Å². The maximum atomic E-state index is 12.9. The summed E-state index contributed by atoms with van der Waals surface area (Å²) in [5.74, 6) is 0.210. The topological polar surface area (TPSA) is 89.2 Å². The van der Waals surface area contributed by atoms with Crippen molar-refractivity contribution in [3.05, 3.63) is 18.2 Å². The number of nitrogens with two attached hydrogens (primary N) is 1. The highest BCUT2D eigenvalue weighted by atomic mass is 32.2. The van der Waals surface area contributed by atoms with E-state index in [1.54, 1.807) is 22.5 Å². The van der Waals surface area contributed by atoms with Crippen LogP contribution in [-0.2, 0) is 10.0 Å². The third-order valence-corrected chi connectivity index (χ3v) is 6.47. The maximum Gasteiger partial charge on any atom is 0.245 e. The van der Waals surface area contributed by atoms with Gasteiger partial charge in [0.15, 0.2) is 0 Å². The zero-order valence-electron chi connectivity index (χ0n) is 11.8. The number of sulfonamides is 1. The van der Waals surface area contributed by atoms with Crippen LogP contribution >= 0.6 is 11.7 Å². The van der Waals surface area contributed by atoms with Crippen LogP contribution in [0.1, 0.15) is 19.8 Å². The molecule has 1 saturated heterocycles. The monoisotopic (exact) mass is 326 g/mol. The van der Waals surface area contributed by atoms with Gasteiger partial charge in [0.25, 0.3) is 0 Å². The zero-order valence-corrected chi connectivity index (χ0v) is 13.4. The van der Waals surface area contributed by atoms with Crippen molar-refractivity contribution in [2.75, 3.05) is 13.1 Å². The predicted octanol–water partition coefficient (Wildman–Crippen LogP) is 1.44. The molecule has 2 unspecified atom stereocenters. The Hall–Kier alpha value is -1.09. The van der Waals surface area contributed by atoms with E-state index in [2.05, 4.69) is 8.75 Å². The van der Waals surface area contributed by atoms with Crippen molar-refractivity contribution in [2.24, 2.45) is 11.7 Å². The molecule has 0 bridgehead atoms. The molecule has 0 saturated carbocycles. The second kappa shape index (κ2) is 5.60. The molecule has 2 atom stereocenters. The SMILES string of the molecule is CC(N)C1CCCN(S(=O)(=O)c2cccc3nsnc23)C1. The summed E-state index contributed by atoms with van der Waals surface area (Å²) in [5, 5.41) is 0. The first-order chi connectivity index (χ1) is 10.00. The van der Waals surface area contributed by atoms with E-state index in [4.69, 9.17) is 5.73 Å². The highest BCUT2D eigenvalue weighted by Gasteiger charge is 2.33. The number of rotatable bonds is 3. The number of aromatic nitrogens is 2. The van der Waals surface area contributed by atoms with E-state index in [-0.39, 0.29) is 16.9 Å². The summed E-state index contributed by atoms with van der Waals surface area (Å²) in [6, 6.07) is 5.09. The summed E-state index contributed by atoms with van der Waals surface area (Å²) in [6.07, 6.45) is 1.82. The molecule has 0 spiro atoms. The molecule has 3 rings (SSSR count). The summed E-state index contributed by atoms with van der Waals surface area (Å²) in [4.78, 5) is 0.249. The zero-order chi connectivity index (χ0) is 15.0. The summed E-state index contributed by atoms with van der Waals surface area (Å²) in [5.41, 5.74) is 7.03. The van der Waals surface area contributed by atoms with Crippen molar-refractivity contribution < 1.29 is 8.42 Å². The minimum absolute atomic E-state index is 0.000249. The molecule has 1 aromatic heterocycles. The predicted molar refractivity (Wildman–Crippen MR) is 82.5 cm³/mol. The van der Waals surface area contributed by atoms with Gasteiger partial charge in [0, 0.05) is 19.1 Å². The standard InChI is InChI=1S/C13H18N4O2S2/c1-9(14)10-4-3-7-17(8-10)21(18,19)12-6-2-5-11-13(12)16-20-15-11/h2,5-6,9-10H,3-4,7-8,14H2,1H3. The largest absolute Gasteiger partial charge is 0.328 e. The average molecular weight is 326 g/mol. The van der Waals surface area contributed by atoms with Gasteiger partial charge in [-0.05, 0) is 37.8 Å². The number of piperidine rings is 1. The van der Waals surface area contributed by atoms with Crippen molar-refractivity contribution in [3.8, 4) is 0 Å². The molecule has 0 amide bonds. The van der Waals surface area contributed by atoms with E-state index >= 15 is 0 Å². The van der Waals surface area contributed by atoms with E-state index in [1.807, 2.05) is 6.92 Å². The molecule has 1 aliphatic rings. The van der Waals surface area contributed by atoms with Crippen LogP contribution in [-0.4, -0.2) is 40.6 Å². The fourth-order valence-electron chi connectivity index (χ4n) is 2.75. The van der Waals surface area contributed by atoms with E-state index in [9.17, 15) is 8.42 Å². The lowest BCUT2D eigenvalue weighted by Crippen LogP contribution is -2.45. The fourth-order valence-corrected chi connectivity index (χ4v) is 5.04. The first kappa shape index (κ1) is 14.8. The van der Waals surface area contributed by atoms with Gasteiger partial charge in [-0.1, -0.05) is 6.07 Å². The van der Waals surface area contributed by atoms with Gasteiger partial charge >= 0.3 is 0 Å². The Kier molecular flexibility index (Phi) is 3.96. The van der Waals surface area contributed by atoms with Gasteiger partial charge in [0.2, 0.25) is 10.0 Å². The Balaban J connectivity index is 1.98. The minimum atomic E-state index is -3.54. The summed E-state index contributed by atoms with van der Waals surface area (Å²) in [7, 11) is -3.54. The molecule has 2 heterocycles. The number of hydrogen-bond donors (Lipinski definition) is 1. The second-order valence-electron chi connectivity index (χ2n) is 5.51. The van der Waals surface area contributed by atoms with E-state index < -0.39 is 10.0 Å². The molecule has 8 heteroatoms.